The van der Waals surface area contributed by atoms with E-state index in [0.717, 1.165) is 42.0 Å². The monoisotopic (exact) mass is 377 g/mol. The SMILES string of the molecule is COc1ccc2cc(C(=O)N(CCN3CCNCC3)CC(=O)O)sc2c1. The number of benzene rings is 1. The van der Waals surface area contributed by atoms with Crippen LogP contribution in [0.4, 0.5) is 0 Å². The number of hydrogen-bond acceptors (Lipinski definition) is 6. The highest BCUT2D eigenvalue weighted by molar-refractivity contribution is 7.20. The predicted molar refractivity (Wildman–Crippen MR) is 101 cm³/mol. The normalized spacial score (nSPS) is 15.1. The first-order chi connectivity index (χ1) is 12.6. The lowest BCUT2D eigenvalue weighted by Gasteiger charge is -2.29. The Kier molecular flexibility index (Phi) is 6.08. The van der Waals surface area contributed by atoms with Gasteiger partial charge in [0.25, 0.3) is 5.91 Å². The number of amides is 1. The van der Waals surface area contributed by atoms with Gasteiger partial charge in [-0.05, 0) is 29.7 Å². The van der Waals surface area contributed by atoms with Crippen LogP contribution in [0.5, 0.6) is 5.75 Å². The van der Waals surface area contributed by atoms with Gasteiger partial charge in [-0.3, -0.25) is 14.5 Å². The molecule has 140 valence electrons. The van der Waals surface area contributed by atoms with Crippen molar-refractivity contribution in [2.75, 3.05) is 52.9 Å². The summed E-state index contributed by atoms with van der Waals surface area (Å²) < 4.78 is 6.17. The Bertz CT molecular complexity index is 786. The number of carboxylic acids is 1. The second-order valence-electron chi connectivity index (χ2n) is 6.23. The molecule has 0 radical (unpaired) electrons. The number of carboxylic acid groups (broad SMARTS) is 1. The smallest absolute Gasteiger partial charge is 0.323 e. The first-order valence-corrected chi connectivity index (χ1v) is 9.40. The van der Waals surface area contributed by atoms with Gasteiger partial charge in [-0.15, -0.1) is 11.3 Å². The van der Waals surface area contributed by atoms with E-state index in [-0.39, 0.29) is 12.5 Å². The fourth-order valence-corrected chi connectivity index (χ4v) is 4.07. The summed E-state index contributed by atoms with van der Waals surface area (Å²) in [5.41, 5.74) is 0. The van der Waals surface area contributed by atoms with Gasteiger partial charge in [0, 0.05) is 44.0 Å². The highest BCUT2D eigenvalue weighted by Gasteiger charge is 2.22. The van der Waals surface area contributed by atoms with Crippen molar-refractivity contribution in [2.45, 2.75) is 0 Å². The number of nitrogens with zero attached hydrogens (tertiary/aromatic N) is 2. The molecule has 1 aliphatic rings. The van der Waals surface area contributed by atoms with E-state index in [0.29, 0.717) is 18.0 Å². The van der Waals surface area contributed by atoms with Crippen LogP contribution in [0.25, 0.3) is 10.1 Å². The predicted octanol–water partition coefficient (Wildman–Crippen LogP) is 1.34. The van der Waals surface area contributed by atoms with Crippen LogP contribution in [0.2, 0.25) is 0 Å². The summed E-state index contributed by atoms with van der Waals surface area (Å²) in [6.07, 6.45) is 0. The van der Waals surface area contributed by atoms with E-state index in [1.54, 1.807) is 7.11 Å². The van der Waals surface area contributed by atoms with Crippen LogP contribution in [0.15, 0.2) is 24.3 Å². The summed E-state index contributed by atoms with van der Waals surface area (Å²) in [5.74, 6) is -0.497. The molecule has 0 aliphatic carbocycles. The van der Waals surface area contributed by atoms with Gasteiger partial charge in [0.15, 0.2) is 0 Å². The van der Waals surface area contributed by atoms with E-state index >= 15 is 0 Å². The molecule has 2 N–H and O–H groups in total. The number of aliphatic carboxylic acids is 1. The van der Waals surface area contributed by atoms with Crippen molar-refractivity contribution in [2.24, 2.45) is 0 Å². The van der Waals surface area contributed by atoms with Gasteiger partial charge in [0.1, 0.15) is 12.3 Å². The molecule has 8 heteroatoms. The van der Waals surface area contributed by atoms with Gasteiger partial charge in [-0.1, -0.05) is 0 Å². The maximum Gasteiger partial charge on any atom is 0.323 e. The quantitative estimate of drug-likeness (QED) is 0.758. The molecule has 2 aromatic rings. The third-order valence-corrected chi connectivity index (χ3v) is 5.53. The molecule has 1 fully saturated rings. The largest absolute Gasteiger partial charge is 0.497 e. The number of methoxy groups -OCH3 is 1. The van der Waals surface area contributed by atoms with Crippen molar-refractivity contribution in [1.82, 2.24) is 15.1 Å². The van der Waals surface area contributed by atoms with E-state index in [9.17, 15) is 14.7 Å². The number of fused-ring (bicyclic) bond motifs is 1. The molecule has 1 aliphatic heterocycles. The molecule has 7 nitrogen and oxygen atoms in total. The zero-order valence-electron chi connectivity index (χ0n) is 14.7. The number of thiophene rings is 1. The number of rotatable bonds is 7. The lowest BCUT2D eigenvalue weighted by Crippen LogP contribution is -2.47. The Morgan fingerprint density at radius 2 is 2.08 bits per heavy atom. The fourth-order valence-electron chi connectivity index (χ4n) is 3.01. The van der Waals surface area contributed by atoms with Crippen molar-refractivity contribution in [1.29, 1.82) is 0 Å². The van der Waals surface area contributed by atoms with E-state index < -0.39 is 5.97 Å². The van der Waals surface area contributed by atoms with Gasteiger partial charge >= 0.3 is 5.97 Å². The molecule has 0 atom stereocenters. The highest BCUT2D eigenvalue weighted by atomic mass is 32.1. The van der Waals surface area contributed by atoms with Crippen LogP contribution in [-0.4, -0.2) is 79.7 Å². The molecule has 1 saturated heterocycles. The second-order valence-corrected chi connectivity index (χ2v) is 7.31. The van der Waals surface area contributed by atoms with Crippen molar-refractivity contribution >= 4 is 33.3 Å². The molecule has 0 bridgehead atoms. The minimum Gasteiger partial charge on any atom is -0.497 e. The van der Waals surface area contributed by atoms with E-state index in [2.05, 4.69) is 10.2 Å². The third kappa shape index (κ3) is 4.51. The Morgan fingerprint density at radius 3 is 2.77 bits per heavy atom. The zero-order chi connectivity index (χ0) is 18.5. The average molecular weight is 377 g/mol. The number of ether oxygens (including phenoxy) is 1. The van der Waals surface area contributed by atoms with Gasteiger partial charge in [0.05, 0.1) is 12.0 Å². The molecular weight excluding hydrogens is 354 g/mol. The number of nitrogens with one attached hydrogen (secondary N) is 1. The molecule has 0 unspecified atom stereocenters. The average Bonchev–Trinajstić information content (AvgIpc) is 3.08. The summed E-state index contributed by atoms with van der Waals surface area (Å²) in [6.45, 7) is 4.47. The highest BCUT2D eigenvalue weighted by Crippen LogP contribution is 2.29. The molecule has 1 amide bonds. The summed E-state index contributed by atoms with van der Waals surface area (Å²) >= 11 is 1.36. The zero-order valence-corrected chi connectivity index (χ0v) is 15.6. The summed E-state index contributed by atoms with van der Waals surface area (Å²) in [6, 6.07) is 7.47. The molecular formula is C18H23N3O4S. The minimum absolute atomic E-state index is 0.234. The number of piperazine rings is 1. The molecule has 0 saturated carbocycles. The van der Waals surface area contributed by atoms with Crippen LogP contribution >= 0.6 is 11.3 Å². The van der Waals surface area contributed by atoms with E-state index in [1.807, 2.05) is 24.3 Å². The first-order valence-electron chi connectivity index (χ1n) is 8.58. The van der Waals surface area contributed by atoms with Crippen LogP contribution in [0.1, 0.15) is 9.67 Å². The second kappa shape index (κ2) is 8.48. The number of carbonyl (C=O) groups excluding carboxylic acids is 1. The first kappa shape index (κ1) is 18.6. The van der Waals surface area contributed by atoms with Crippen LogP contribution < -0.4 is 10.1 Å². The maximum atomic E-state index is 12.9. The topological polar surface area (TPSA) is 82.1 Å². The van der Waals surface area contributed by atoms with E-state index in [4.69, 9.17) is 4.74 Å². The van der Waals surface area contributed by atoms with Crippen molar-refractivity contribution in [3.05, 3.63) is 29.1 Å². The van der Waals surface area contributed by atoms with Gasteiger partial charge in [-0.25, -0.2) is 0 Å². The summed E-state index contributed by atoms with van der Waals surface area (Å²) in [5, 5.41) is 13.4. The molecule has 1 aromatic carbocycles. The standard InChI is InChI=1S/C18H23N3O4S/c1-25-14-3-2-13-10-16(26-15(13)11-14)18(24)21(12-17(22)23)9-8-20-6-4-19-5-7-20/h2-3,10-11,19H,4-9,12H2,1H3,(H,22,23). The fraction of sp³-hybridized carbons (Fsp3) is 0.444. The lowest BCUT2D eigenvalue weighted by atomic mass is 10.2. The number of hydrogen-bond donors (Lipinski definition) is 2. The molecule has 3 rings (SSSR count). The number of carbonyl (C=O) groups is 2. The van der Waals surface area contributed by atoms with Crippen molar-refractivity contribution in [3.63, 3.8) is 0 Å². The Hall–Kier alpha value is -2.16. The molecule has 2 heterocycles. The summed E-state index contributed by atoms with van der Waals surface area (Å²) in [4.78, 5) is 28.3. The van der Waals surface area contributed by atoms with Gasteiger partial charge in [0.2, 0.25) is 0 Å². The van der Waals surface area contributed by atoms with Crippen molar-refractivity contribution in [3.8, 4) is 5.75 Å². The maximum absolute atomic E-state index is 12.9. The minimum atomic E-state index is -0.999. The lowest BCUT2D eigenvalue weighted by molar-refractivity contribution is -0.137. The molecule has 1 aromatic heterocycles. The Labute approximate surface area is 156 Å². The van der Waals surface area contributed by atoms with Gasteiger partial charge < -0.3 is 20.1 Å². The van der Waals surface area contributed by atoms with Crippen LogP contribution in [-0.2, 0) is 4.79 Å². The summed E-state index contributed by atoms with van der Waals surface area (Å²) in [7, 11) is 1.60. The molecule has 26 heavy (non-hydrogen) atoms. The van der Waals surface area contributed by atoms with Crippen LogP contribution in [0, 0.1) is 0 Å². The van der Waals surface area contributed by atoms with Crippen molar-refractivity contribution < 1.29 is 19.4 Å². The Balaban J connectivity index is 1.74. The molecule has 0 spiro atoms. The van der Waals surface area contributed by atoms with Crippen LogP contribution in [0.3, 0.4) is 0 Å². The van der Waals surface area contributed by atoms with Gasteiger partial charge in [-0.2, -0.15) is 0 Å². The third-order valence-electron chi connectivity index (χ3n) is 4.45. The Morgan fingerprint density at radius 1 is 1.31 bits per heavy atom. The van der Waals surface area contributed by atoms with E-state index in [1.165, 1.54) is 16.2 Å².